The molecule has 0 radical (unpaired) electrons. The van der Waals surface area contributed by atoms with E-state index < -0.39 is 0 Å². The zero-order chi connectivity index (χ0) is 17.2. The van der Waals surface area contributed by atoms with E-state index in [4.69, 9.17) is 2.74 Å². The molecule has 20 heavy (non-hydrogen) atoms. The lowest BCUT2D eigenvalue weighted by Crippen LogP contribution is -1.88. The molecule has 2 aromatic rings. The molecule has 0 bridgehead atoms. The molecule has 2 aromatic carbocycles. The van der Waals surface area contributed by atoms with Crippen LogP contribution in [0.4, 0.5) is 0 Å². The van der Waals surface area contributed by atoms with Gasteiger partial charge in [-0.2, -0.15) is 0 Å². The lowest BCUT2D eigenvalue weighted by Gasteiger charge is -1.93. The summed E-state index contributed by atoms with van der Waals surface area (Å²) < 4.78 is 11.5. The molecule has 0 aliphatic heterocycles. The lowest BCUT2D eigenvalue weighted by atomic mass is 10.1. The van der Waals surface area contributed by atoms with Crippen LogP contribution < -0.4 is 0 Å². The van der Waals surface area contributed by atoms with Crippen molar-refractivity contribution in [2.75, 3.05) is 0 Å². The van der Waals surface area contributed by atoms with Crippen molar-refractivity contribution in [2.24, 2.45) is 0 Å². The van der Waals surface area contributed by atoms with Gasteiger partial charge in [-0.15, -0.1) is 0 Å². The Morgan fingerprint density at radius 2 is 1.40 bits per heavy atom. The van der Waals surface area contributed by atoms with Gasteiger partial charge in [-0.25, -0.2) is 0 Å². The van der Waals surface area contributed by atoms with Crippen molar-refractivity contribution < 1.29 is 7.54 Å². The van der Waals surface area contributed by atoms with Gasteiger partial charge in [-0.1, -0.05) is 88.8 Å². The van der Waals surface area contributed by atoms with Crippen molar-refractivity contribution in [3.8, 4) is 0 Å². The summed E-state index contributed by atoms with van der Waals surface area (Å²) in [4.78, 5) is 10.6. The van der Waals surface area contributed by atoms with Gasteiger partial charge in [0.25, 0.3) is 0 Å². The number of hydrogen-bond acceptors (Lipinski definition) is 1. The average Bonchev–Trinajstić information content (AvgIpc) is 2.61. The maximum absolute atomic E-state index is 10.6. The summed E-state index contributed by atoms with van der Waals surface area (Å²) in [6.45, 7) is 3.77. The number of carbonyl (C=O) groups is 1. The van der Waals surface area contributed by atoms with E-state index in [9.17, 15) is 4.79 Å². The van der Waals surface area contributed by atoms with Gasteiger partial charge in [-0.3, -0.25) is 4.79 Å². The number of hydrogen-bond donors (Lipinski definition) is 0. The fourth-order valence-electron chi connectivity index (χ4n) is 1.61. The molecule has 0 saturated heterocycles. The van der Waals surface area contributed by atoms with Crippen molar-refractivity contribution in [3.63, 3.8) is 0 Å². The minimum absolute atomic E-state index is 0.121. The Hall–Kier alpha value is -1.89. The molecular weight excluding hydrogens is 244 g/mol. The normalized spacial score (nSPS) is 9.00. The Kier molecular flexibility index (Phi) is 9.83. The molecule has 0 aromatic heterocycles. The van der Waals surface area contributed by atoms with E-state index >= 15 is 0 Å². The van der Waals surface area contributed by atoms with Crippen molar-refractivity contribution in [1.82, 2.24) is 0 Å². The van der Waals surface area contributed by atoms with Crippen molar-refractivity contribution in [3.05, 3.63) is 71.8 Å². The molecule has 0 aliphatic carbocycles. The predicted molar refractivity (Wildman–Crippen MR) is 90.3 cm³/mol. The van der Waals surface area contributed by atoms with Gasteiger partial charge in [0.05, 0.1) is 0 Å². The molecule has 0 unspecified atom stereocenters. The monoisotopic (exact) mass is 274 g/mol. The Balaban J connectivity index is 0. The quantitative estimate of drug-likeness (QED) is 0.646. The molecule has 0 amide bonds. The van der Waals surface area contributed by atoms with Crippen LogP contribution in [-0.4, -0.2) is 5.78 Å². The first-order valence-corrected chi connectivity index (χ1v) is 6.34. The number of carbonyl (C=O) groups excluding carboxylic acids is 1. The summed E-state index contributed by atoms with van der Waals surface area (Å²) in [5.41, 5.74) is 2.22. The van der Waals surface area contributed by atoms with Crippen LogP contribution in [0.15, 0.2) is 60.7 Å². The lowest BCUT2D eigenvalue weighted by molar-refractivity contribution is 0.101. The summed E-state index contributed by atoms with van der Waals surface area (Å²) in [6, 6.07) is 19.8. The predicted octanol–water partition coefficient (Wildman–Crippen LogP) is 5.80. The number of Topliss-reactive ketones (excluding diaryl/α,β-unsaturated/α-hetero) is 1. The molecule has 0 atom stereocenters. The maximum Gasteiger partial charge on any atom is 0.159 e. The van der Waals surface area contributed by atoms with Gasteiger partial charge >= 0.3 is 0 Å². The molecule has 0 spiro atoms. The molecule has 0 N–H and O–H groups in total. The first kappa shape index (κ1) is 16.2. The second-order valence-electron chi connectivity index (χ2n) is 4.16. The van der Waals surface area contributed by atoms with Crippen LogP contribution in [-0.2, 0) is 6.42 Å². The summed E-state index contributed by atoms with van der Waals surface area (Å²) in [5.74, 6) is 0.121. The van der Waals surface area contributed by atoms with Gasteiger partial charge in [0.15, 0.2) is 5.78 Å². The standard InChI is InChI=1S/C9H12.C8H8O.2CH4/c1-2-6-9-7-4-3-5-8-9;1-7(9)8-5-3-2-4-6-8;;/h3-5,7-8H,2,6H2,1H3;2-6H,1H3;2*1H4/i;;2*1D. The number of rotatable bonds is 3. The Bertz CT molecular complexity index is 455. The summed E-state index contributed by atoms with van der Waals surface area (Å²) in [6.07, 6.45) is 2.45. The molecular formula is C19H28O. The van der Waals surface area contributed by atoms with E-state index in [1.807, 2.05) is 30.3 Å². The van der Waals surface area contributed by atoms with Crippen LogP contribution in [0.5, 0.6) is 0 Å². The molecule has 2 rings (SSSR count). The molecule has 0 aliphatic rings. The van der Waals surface area contributed by atoms with Crippen molar-refractivity contribution in [2.45, 2.75) is 41.5 Å². The van der Waals surface area contributed by atoms with Gasteiger partial charge < -0.3 is 0 Å². The van der Waals surface area contributed by atoms with Gasteiger partial charge in [-0.05, 0) is 18.9 Å². The second kappa shape index (κ2) is 12.2. The third-order valence-corrected chi connectivity index (χ3v) is 2.56. The van der Waals surface area contributed by atoms with E-state index in [0.29, 0.717) is 0 Å². The molecule has 0 saturated carbocycles. The van der Waals surface area contributed by atoms with Crippen LogP contribution in [0.25, 0.3) is 0 Å². The third-order valence-electron chi connectivity index (χ3n) is 2.56. The SMILES string of the molecule is CC(=O)c1ccccc1.CCCc1ccccc1.[2H]C.[2H]C. The highest BCUT2D eigenvalue weighted by atomic mass is 16.1. The zero-order valence-electron chi connectivity index (χ0n) is 15.1. The highest BCUT2D eigenvalue weighted by Gasteiger charge is 1.92. The van der Waals surface area contributed by atoms with E-state index in [1.165, 1.54) is 33.2 Å². The first-order valence-electron chi connectivity index (χ1n) is 8.34. The summed E-state index contributed by atoms with van der Waals surface area (Å²) in [5, 5.41) is 0. The third kappa shape index (κ3) is 8.25. The van der Waals surface area contributed by atoms with Crippen LogP contribution in [0.3, 0.4) is 0 Å². The summed E-state index contributed by atoms with van der Waals surface area (Å²) >= 11 is 0. The highest BCUT2D eigenvalue weighted by Crippen LogP contribution is 2.00. The van der Waals surface area contributed by atoms with Crippen LogP contribution in [0.2, 0.25) is 0 Å². The average molecular weight is 274 g/mol. The molecule has 0 heterocycles. The Morgan fingerprint density at radius 3 is 1.75 bits per heavy atom. The van der Waals surface area contributed by atoms with E-state index in [2.05, 4.69) is 37.3 Å². The highest BCUT2D eigenvalue weighted by molar-refractivity contribution is 5.93. The number of ketones is 1. The van der Waals surface area contributed by atoms with Gasteiger partial charge in [0.1, 0.15) is 0 Å². The minimum atomic E-state index is 0.121. The molecule has 1 nitrogen and oxygen atoms in total. The van der Waals surface area contributed by atoms with Gasteiger partial charge in [0.2, 0.25) is 0 Å². The number of benzene rings is 2. The van der Waals surface area contributed by atoms with E-state index in [0.717, 1.165) is 5.56 Å². The van der Waals surface area contributed by atoms with Crippen molar-refractivity contribution in [1.29, 1.82) is 0 Å². The second-order valence-corrected chi connectivity index (χ2v) is 4.16. The summed E-state index contributed by atoms with van der Waals surface area (Å²) in [7, 11) is 2.50. The van der Waals surface area contributed by atoms with E-state index in [1.54, 1.807) is 6.92 Å². The zero-order valence-corrected chi connectivity index (χ0v) is 13.1. The maximum atomic E-state index is 10.6. The molecule has 0 fully saturated rings. The smallest absolute Gasteiger partial charge is 0.159 e. The van der Waals surface area contributed by atoms with Crippen LogP contribution in [0, 0.1) is 0 Å². The van der Waals surface area contributed by atoms with Gasteiger partial charge in [0, 0.05) is 8.30 Å². The largest absolute Gasteiger partial charge is 0.295 e. The van der Waals surface area contributed by atoms with Crippen molar-refractivity contribution >= 4 is 5.78 Å². The Morgan fingerprint density at radius 1 is 0.950 bits per heavy atom. The number of aryl methyl sites for hydroxylation is 1. The Labute approximate surface area is 127 Å². The minimum Gasteiger partial charge on any atom is -0.295 e. The molecule has 110 valence electrons. The van der Waals surface area contributed by atoms with E-state index in [-0.39, 0.29) is 5.78 Å². The molecule has 1 heteroatoms. The first-order chi connectivity index (χ1) is 10.7. The fourth-order valence-corrected chi connectivity index (χ4v) is 1.61. The fraction of sp³-hybridized carbons (Fsp3) is 0.316. The van der Waals surface area contributed by atoms with Crippen LogP contribution >= 0.6 is 0 Å². The van der Waals surface area contributed by atoms with Crippen LogP contribution in [0.1, 0.15) is 53.7 Å². The topological polar surface area (TPSA) is 17.1 Å².